The predicted molar refractivity (Wildman–Crippen MR) is 108 cm³/mol. The van der Waals surface area contributed by atoms with Crippen molar-refractivity contribution in [3.63, 3.8) is 0 Å². The van der Waals surface area contributed by atoms with Crippen LogP contribution in [0.15, 0.2) is 40.8 Å². The summed E-state index contributed by atoms with van der Waals surface area (Å²) in [6, 6.07) is 7.19. The Morgan fingerprint density at radius 1 is 1.25 bits per heavy atom. The molecule has 0 amide bonds. The van der Waals surface area contributed by atoms with E-state index in [2.05, 4.69) is 71.2 Å². The Morgan fingerprint density at radius 2 is 2.00 bits per heavy atom. The highest BCUT2D eigenvalue weighted by molar-refractivity contribution is 8.03. The van der Waals surface area contributed by atoms with Crippen LogP contribution in [-0.2, 0) is 12.8 Å². The lowest BCUT2D eigenvalue weighted by Crippen LogP contribution is -2.20. The lowest BCUT2D eigenvalue weighted by Gasteiger charge is -2.33. The summed E-state index contributed by atoms with van der Waals surface area (Å²) in [5.41, 5.74) is 8.05. The van der Waals surface area contributed by atoms with Crippen LogP contribution in [0.4, 0.5) is 0 Å². The lowest BCUT2D eigenvalue weighted by molar-refractivity contribution is 0.308. The molecule has 0 bridgehead atoms. The zero-order valence-corrected chi connectivity index (χ0v) is 16.9. The van der Waals surface area contributed by atoms with E-state index >= 15 is 0 Å². The molecule has 0 aromatic heterocycles. The fraction of sp³-hybridized carbons (Fsp3) is 0.565. The molecule has 2 unspecified atom stereocenters. The molecule has 0 nitrogen and oxygen atoms in total. The standard InChI is InChI=1S/C23H32S/c1-7-16-9-10-18(17(8-2)13-16)22-21(15(3)4)19-14-23(5,6)12-11-20(19)24-22/h9-10,13,21-22H,3,7-8,11-12,14H2,1-2,4-6H3. The van der Waals surface area contributed by atoms with Crippen LogP contribution in [0.25, 0.3) is 0 Å². The number of hydrogen-bond donors (Lipinski definition) is 0. The van der Waals surface area contributed by atoms with Gasteiger partial charge in [-0.25, -0.2) is 0 Å². The third-order valence-electron chi connectivity index (χ3n) is 5.84. The van der Waals surface area contributed by atoms with E-state index in [0.717, 1.165) is 12.8 Å². The average Bonchev–Trinajstić information content (AvgIpc) is 2.91. The summed E-state index contributed by atoms with van der Waals surface area (Å²) in [4.78, 5) is 1.67. The van der Waals surface area contributed by atoms with E-state index in [-0.39, 0.29) is 0 Å². The Labute approximate surface area is 152 Å². The molecule has 0 fully saturated rings. The van der Waals surface area contributed by atoms with Crippen molar-refractivity contribution in [3.05, 3.63) is 57.5 Å². The van der Waals surface area contributed by atoms with E-state index < -0.39 is 0 Å². The van der Waals surface area contributed by atoms with Crippen molar-refractivity contribution in [3.8, 4) is 0 Å². The van der Waals surface area contributed by atoms with Crippen molar-refractivity contribution in [1.29, 1.82) is 0 Å². The molecule has 1 aromatic rings. The van der Waals surface area contributed by atoms with Crippen molar-refractivity contribution in [2.24, 2.45) is 11.3 Å². The highest BCUT2D eigenvalue weighted by atomic mass is 32.2. The van der Waals surface area contributed by atoms with E-state index in [1.165, 1.54) is 36.0 Å². The molecule has 0 radical (unpaired) electrons. The molecule has 24 heavy (non-hydrogen) atoms. The summed E-state index contributed by atoms with van der Waals surface area (Å²) in [6.07, 6.45) is 6.08. The van der Waals surface area contributed by atoms with E-state index in [4.69, 9.17) is 0 Å². The minimum absolute atomic E-state index is 0.446. The fourth-order valence-corrected chi connectivity index (χ4v) is 6.17. The van der Waals surface area contributed by atoms with Gasteiger partial charge in [-0.1, -0.05) is 63.6 Å². The molecular weight excluding hydrogens is 308 g/mol. The van der Waals surface area contributed by atoms with Crippen molar-refractivity contribution in [1.82, 2.24) is 0 Å². The van der Waals surface area contributed by atoms with E-state index in [9.17, 15) is 0 Å². The molecule has 2 atom stereocenters. The number of rotatable bonds is 4. The molecule has 130 valence electrons. The fourth-order valence-electron chi connectivity index (χ4n) is 4.40. The summed E-state index contributed by atoms with van der Waals surface area (Å²) in [5.74, 6) is 0.530. The maximum absolute atomic E-state index is 4.39. The van der Waals surface area contributed by atoms with Crippen LogP contribution in [0.3, 0.4) is 0 Å². The highest BCUT2D eigenvalue weighted by Crippen LogP contribution is 2.60. The molecule has 1 heterocycles. The molecule has 1 aliphatic heterocycles. The second kappa shape index (κ2) is 6.75. The first-order valence-electron chi connectivity index (χ1n) is 9.52. The van der Waals surface area contributed by atoms with Crippen molar-refractivity contribution < 1.29 is 0 Å². The maximum Gasteiger partial charge on any atom is 0.0446 e. The summed E-state index contributed by atoms with van der Waals surface area (Å²) in [7, 11) is 0. The van der Waals surface area contributed by atoms with Gasteiger partial charge in [0.05, 0.1) is 0 Å². The smallest absolute Gasteiger partial charge is 0.0446 e. The van der Waals surface area contributed by atoms with Gasteiger partial charge in [-0.05, 0) is 66.0 Å². The molecule has 0 spiro atoms. The SMILES string of the molecule is C=C(C)C1C2=C(CCC(C)(C)C2)SC1c1ccc(CC)cc1CC. The minimum Gasteiger partial charge on any atom is -0.121 e. The highest BCUT2D eigenvalue weighted by Gasteiger charge is 2.42. The van der Waals surface area contributed by atoms with E-state index in [0.29, 0.717) is 16.6 Å². The number of allylic oxidation sites excluding steroid dienone is 3. The molecule has 0 N–H and O–H groups in total. The molecule has 2 aliphatic rings. The number of thioether (sulfide) groups is 1. The molecule has 3 rings (SSSR count). The van der Waals surface area contributed by atoms with Gasteiger partial charge in [0.2, 0.25) is 0 Å². The van der Waals surface area contributed by atoms with Crippen LogP contribution < -0.4 is 0 Å². The van der Waals surface area contributed by atoms with Crippen LogP contribution in [0.1, 0.15) is 75.8 Å². The maximum atomic E-state index is 4.39. The Balaban J connectivity index is 2.00. The zero-order chi connectivity index (χ0) is 17.5. The van der Waals surface area contributed by atoms with Gasteiger partial charge < -0.3 is 0 Å². The lowest BCUT2D eigenvalue weighted by atomic mass is 9.71. The second-order valence-electron chi connectivity index (χ2n) is 8.39. The normalized spacial score (nSPS) is 25.7. The molecule has 1 heteroatoms. The van der Waals surface area contributed by atoms with Crippen LogP contribution >= 0.6 is 11.8 Å². The van der Waals surface area contributed by atoms with Gasteiger partial charge in [0.25, 0.3) is 0 Å². The van der Waals surface area contributed by atoms with Gasteiger partial charge >= 0.3 is 0 Å². The third-order valence-corrected chi connectivity index (χ3v) is 7.37. The van der Waals surface area contributed by atoms with Crippen molar-refractivity contribution >= 4 is 11.8 Å². The van der Waals surface area contributed by atoms with Crippen LogP contribution in [0, 0.1) is 11.3 Å². The van der Waals surface area contributed by atoms with Crippen molar-refractivity contribution in [2.45, 2.75) is 72.0 Å². The number of benzene rings is 1. The second-order valence-corrected chi connectivity index (χ2v) is 9.63. The average molecular weight is 341 g/mol. The molecule has 1 aliphatic carbocycles. The molecule has 1 aromatic carbocycles. The zero-order valence-electron chi connectivity index (χ0n) is 16.0. The monoisotopic (exact) mass is 340 g/mol. The Morgan fingerprint density at radius 3 is 2.62 bits per heavy atom. The third kappa shape index (κ3) is 3.25. The number of hydrogen-bond acceptors (Lipinski definition) is 1. The van der Waals surface area contributed by atoms with Gasteiger partial charge in [-0.15, -0.1) is 11.8 Å². The van der Waals surface area contributed by atoms with E-state index in [1.807, 2.05) is 0 Å². The molecule has 0 saturated carbocycles. The van der Waals surface area contributed by atoms with Gasteiger partial charge in [-0.2, -0.15) is 0 Å². The largest absolute Gasteiger partial charge is 0.121 e. The quantitative estimate of drug-likeness (QED) is 0.520. The minimum atomic E-state index is 0.446. The number of aryl methyl sites for hydroxylation is 2. The molecule has 0 saturated heterocycles. The summed E-state index contributed by atoms with van der Waals surface area (Å²) < 4.78 is 0. The van der Waals surface area contributed by atoms with Crippen molar-refractivity contribution in [2.75, 3.05) is 0 Å². The van der Waals surface area contributed by atoms with Gasteiger partial charge in [0.1, 0.15) is 0 Å². The van der Waals surface area contributed by atoms with Crippen LogP contribution in [0.2, 0.25) is 0 Å². The van der Waals surface area contributed by atoms with Gasteiger partial charge in [0.15, 0.2) is 0 Å². The van der Waals surface area contributed by atoms with E-state index in [1.54, 1.807) is 16.0 Å². The topological polar surface area (TPSA) is 0 Å². The summed E-state index contributed by atoms with van der Waals surface area (Å²) in [5, 5.41) is 0.544. The predicted octanol–water partition coefficient (Wildman–Crippen LogP) is 7.26. The van der Waals surface area contributed by atoms with Crippen LogP contribution in [0.5, 0.6) is 0 Å². The first-order chi connectivity index (χ1) is 11.4. The first-order valence-corrected chi connectivity index (χ1v) is 10.4. The summed E-state index contributed by atoms with van der Waals surface area (Å²) >= 11 is 2.15. The first kappa shape index (κ1) is 17.9. The van der Waals surface area contributed by atoms with Gasteiger partial charge in [-0.3, -0.25) is 0 Å². The molecular formula is C23H32S. The van der Waals surface area contributed by atoms with Crippen LogP contribution in [-0.4, -0.2) is 0 Å². The summed E-state index contributed by atoms with van der Waals surface area (Å²) in [6.45, 7) is 16.0. The Kier molecular flexibility index (Phi) is 5.02. The van der Waals surface area contributed by atoms with Gasteiger partial charge in [0, 0.05) is 11.2 Å². The Hall–Kier alpha value is -0.950. The Bertz CT molecular complexity index is 677.